The predicted molar refractivity (Wildman–Crippen MR) is 94.2 cm³/mol. The third-order valence-corrected chi connectivity index (χ3v) is 3.71. The fourth-order valence-electron chi connectivity index (χ4n) is 2.28. The maximum absolute atomic E-state index is 12.2. The molecule has 25 heavy (non-hydrogen) atoms. The van der Waals surface area contributed by atoms with Crippen LogP contribution >= 0.6 is 0 Å². The minimum Gasteiger partial charge on any atom is -0.448 e. The molecule has 0 saturated heterocycles. The quantitative estimate of drug-likeness (QED) is 0.741. The number of aryl methyl sites for hydroxylation is 1. The number of fused-ring (bicyclic) bond motifs is 1. The molecular formula is C19H17N3O3. The molecule has 2 aromatic carbocycles. The van der Waals surface area contributed by atoms with Crippen LogP contribution in [0.5, 0.6) is 0 Å². The molecule has 126 valence electrons. The number of rotatable bonds is 4. The van der Waals surface area contributed by atoms with Crippen molar-refractivity contribution in [3.63, 3.8) is 0 Å². The number of carbonyl (C=O) groups excluding carboxylic acids is 2. The van der Waals surface area contributed by atoms with E-state index in [4.69, 9.17) is 4.74 Å². The van der Waals surface area contributed by atoms with Crippen LogP contribution in [-0.4, -0.2) is 27.9 Å². The Hall–Kier alpha value is -3.28. The van der Waals surface area contributed by atoms with E-state index < -0.39 is 18.0 Å². The van der Waals surface area contributed by atoms with E-state index in [0.717, 1.165) is 5.56 Å². The van der Waals surface area contributed by atoms with Gasteiger partial charge in [-0.2, -0.15) is 0 Å². The zero-order valence-electron chi connectivity index (χ0n) is 13.9. The normalized spacial score (nSPS) is 11.8. The first-order valence-electron chi connectivity index (χ1n) is 7.84. The summed E-state index contributed by atoms with van der Waals surface area (Å²) >= 11 is 0. The molecule has 1 heterocycles. The second-order valence-corrected chi connectivity index (χ2v) is 5.60. The highest BCUT2D eigenvalue weighted by Gasteiger charge is 2.20. The molecule has 6 heteroatoms. The molecule has 3 rings (SSSR count). The summed E-state index contributed by atoms with van der Waals surface area (Å²) in [6.45, 7) is 3.40. The molecule has 0 aliphatic heterocycles. The van der Waals surface area contributed by atoms with Crippen LogP contribution < -0.4 is 5.32 Å². The van der Waals surface area contributed by atoms with Gasteiger partial charge in [-0.15, -0.1) is 0 Å². The van der Waals surface area contributed by atoms with E-state index in [0.29, 0.717) is 16.7 Å². The van der Waals surface area contributed by atoms with Crippen molar-refractivity contribution >= 4 is 28.6 Å². The SMILES string of the molecule is Cc1ccccc1NC(=O)C(C)OC(=O)c1cnc2ccccc2n1. The minimum atomic E-state index is -0.958. The molecule has 1 amide bonds. The summed E-state index contributed by atoms with van der Waals surface area (Å²) in [6, 6.07) is 14.6. The number of para-hydroxylation sites is 3. The fraction of sp³-hybridized carbons (Fsp3) is 0.158. The van der Waals surface area contributed by atoms with Gasteiger partial charge >= 0.3 is 5.97 Å². The van der Waals surface area contributed by atoms with E-state index in [1.807, 2.05) is 37.3 Å². The number of esters is 1. The van der Waals surface area contributed by atoms with Crippen LogP contribution in [0.4, 0.5) is 5.69 Å². The second-order valence-electron chi connectivity index (χ2n) is 5.60. The number of hydrogen-bond donors (Lipinski definition) is 1. The van der Waals surface area contributed by atoms with Crippen LogP contribution in [0.25, 0.3) is 11.0 Å². The Morgan fingerprint density at radius 3 is 2.48 bits per heavy atom. The largest absolute Gasteiger partial charge is 0.448 e. The van der Waals surface area contributed by atoms with Gasteiger partial charge in [0.05, 0.1) is 17.2 Å². The summed E-state index contributed by atoms with van der Waals surface area (Å²) in [6.07, 6.45) is 0.386. The van der Waals surface area contributed by atoms with Gasteiger partial charge in [0, 0.05) is 5.69 Å². The highest BCUT2D eigenvalue weighted by Crippen LogP contribution is 2.14. The lowest BCUT2D eigenvalue weighted by molar-refractivity contribution is -0.123. The Balaban J connectivity index is 1.68. The van der Waals surface area contributed by atoms with Crippen LogP contribution in [0.1, 0.15) is 23.0 Å². The summed E-state index contributed by atoms with van der Waals surface area (Å²) in [7, 11) is 0. The number of amides is 1. The number of aromatic nitrogens is 2. The monoisotopic (exact) mass is 335 g/mol. The van der Waals surface area contributed by atoms with Crippen molar-refractivity contribution < 1.29 is 14.3 Å². The van der Waals surface area contributed by atoms with Gasteiger partial charge in [0.15, 0.2) is 11.8 Å². The topological polar surface area (TPSA) is 81.2 Å². The van der Waals surface area contributed by atoms with Crippen molar-refractivity contribution in [1.82, 2.24) is 9.97 Å². The first kappa shape index (κ1) is 16.6. The van der Waals surface area contributed by atoms with Crippen LogP contribution in [0.15, 0.2) is 54.7 Å². The fourth-order valence-corrected chi connectivity index (χ4v) is 2.28. The van der Waals surface area contributed by atoms with Crippen molar-refractivity contribution in [2.24, 2.45) is 0 Å². The van der Waals surface area contributed by atoms with Crippen LogP contribution in [0, 0.1) is 6.92 Å². The summed E-state index contributed by atoms with van der Waals surface area (Å²) < 4.78 is 5.21. The average molecular weight is 335 g/mol. The summed E-state index contributed by atoms with van der Waals surface area (Å²) in [5.74, 6) is -1.10. The first-order chi connectivity index (χ1) is 12.0. The molecule has 1 aromatic heterocycles. The number of benzene rings is 2. The average Bonchev–Trinajstić information content (AvgIpc) is 2.63. The summed E-state index contributed by atoms with van der Waals surface area (Å²) in [5.41, 5.74) is 2.95. The van der Waals surface area contributed by atoms with E-state index >= 15 is 0 Å². The lowest BCUT2D eigenvalue weighted by Gasteiger charge is -2.14. The molecule has 0 aliphatic rings. The summed E-state index contributed by atoms with van der Waals surface area (Å²) in [4.78, 5) is 32.8. The number of carbonyl (C=O) groups is 2. The zero-order valence-corrected chi connectivity index (χ0v) is 13.9. The van der Waals surface area contributed by atoms with Gasteiger partial charge in [-0.05, 0) is 37.6 Å². The third kappa shape index (κ3) is 3.80. The number of ether oxygens (including phenoxy) is 1. The predicted octanol–water partition coefficient (Wildman–Crippen LogP) is 3.12. The Labute approximate surface area is 144 Å². The molecule has 3 aromatic rings. The Morgan fingerprint density at radius 1 is 1.04 bits per heavy atom. The lowest BCUT2D eigenvalue weighted by Crippen LogP contribution is -2.30. The molecule has 1 atom stereocenters. The number of hydrogen-bond acceptors (Lipinski definition) is 5. The van der Waals surface area contributed by atoms with Gasteiger partial charge in [0.25, 0.3) is 5.91 Å². The highest BCUT2D eigenvalue weighted by atomic mass is 16.5. The van der Waals surface area contributed by atoms with Crippen molar-refractivity contribution in [2.45, 2.75) is 20.0 Å². The van der Waals surface area contributed by atoms with Crippen molar-refractivity contribution in [1.29, 1.82) is 0 Å². The standard InChI is InChI=1S/C19H17N3O3/c1-12-7-3-4-8-14(12)22-18(23)13(2)25-19(24)17-11-20-15-9-5-6-10-16(15)21-17/h3-11,13H,1-2H3,(H,22,23). The Morgan fingerprint density at radius 2 is 1.72 bits per heavy atom. The molecule has 0 bridgehead atoms. The molecular weight excluding hydrogens is 318 g/mol. The number of nitrogens with one attached hydrogen (secondary N) is 1. The molecule has 1 N–H and O–H groups in total. The molecule has 0 aliphatic carbocycles. The van der Waals surface area contributed by atoms with E-state index in [2.05, 4.69) is 15.3 Å². The van der Waals surface area contributed by atoms with Gasteiger partial charge in [-0.25, -0.2) is 9.78 Å². The third-order valence-electron chi connectivity index (χ3n) is 3.71. The molecule has 0 fully saturated rings. The molecule has 0 saturated carbocycles. The van der Waals surface area contributed by atoms with Gasteiger partial charge in [0.1, 0.15) is 0 Å². The van der Waals surface area contributed by atoms with Crippen molar-refractivity contribution in [3.05, 3.63) is 66.0 Å². The van der Waals surface area contributed by atoms with Crippen LogP contribution in [-0.2, 0) is 9.53 Å². The van der Waals surface area contributed by atoms with E-state index in [-0.39, 0.29) is 5.69 Å². The maximum Gasteiger partial charge on any atom is 0.359 e. The van der Waals surface area contributed by atoms with Gasteiger partial charge in [-0.3, -0.25) is 9.78 Å². The van der Waals surface area contributed by atoms with Gasteiger partial charge in [-0.1, -0.05) is 30.3 Å². The van der Waals surface area contributed by atoms with Crippen molar-refractivity contribution in [3.8, 4) is 0 Å². The smallest absolute Gasteiger partial charge is 0.359 e. The summed E-state index contributed by atoms with van der Waals surface area (Å²) in [5, 5.41) is 2.74. The van der Waals surface area contributed by atoms with Gasteiger partial charge < -0.3 is 10.1 Å². The molecule has 0 radical (unpaired) electrons. The Bertz CT molecular complexity index is 940. The zero-order chi connectivity index (χ0) is 17.8. The van der Waals surface area contributed by atoms with Gasteiger partial charge in [0.2, 0.25) is 0 Å². The lowest BCUT2D eigenvalue weighted by atomic mass is 10.2. The molecule has 1 unspecified atom stereocenters. The molecule has 0 spiro atoms. The minimum absolute atomic E-state index is 0.0641. The maximum atomic E-state index is 12.2. The Kier molecular flexibility index (Phi) is 4.70. The first-order valence-corrected chi connectivity index (χ1v) is 7.84. The molecule has 6 nitrogen and oxygen atoms in total. The van der Waals surface area contributed by atoms with E-state index in [1.54, 1.807) is 18.2 Å². The van der Waals surface area contributed by atoms with Crippen LogP contribution in [0.3, 0.4) is 0 Å². The van der Waals surface area contributed by atoms with E-state index in [9.17, 15) is 9.59 Å². The van der Waals surface area contributed by atoms with E-state index in [1.165, 1.54) is 13.1 Å². The highest BCUT2D eigenvalue weighted by molar-refractivity contribution is 5.97. The number of nitrogens with zero attached hydrogens (tertiary/aromatic N) is 2. The second kappa shape index (κ2) is 7.09. The van der Waals surface area contributed by atoms with Crippen molar-refractivity contribution in [2.75, 3.05) is 5.32 Å². The van der Waals surface area contributed by atoms with Crippen LogP contribution in [0.2, 0.25) is 0 Å². The number of anilines is 1.